The van der Waals surface area contributed by atoms with E-state index in [1.165, 1.54) is 7.05 Å². The second-order valence-corrected chi connectivity index (χ2v) is 12.8. The zero-order valence-corrected chi connectivity index (χ0v) is 25.6. The Labute approximate surface area is 235 Å². The van der Waals surface area contributed by atoms with Crippen LogP contribution in [0.3, 0.4) is 0 Å². The average molecular weight is 574 g/mol. The molecule has 0 bridgehead atoms. The maximum Gasteiger partial charge on any atom is 0.223 e. The number of nitrogens with two attached hydrogens (primary N) is 1. The normalized spacial score (nSPS) is 15.2. The molecule has 0 fully saturated rings. The molecule has 0 saturated heterocycles. The molecule has 0 aliphatic heterocycles. The topological polar surface area (TPSA) is 149 Å². The zero-order chi connectivity index (χ0) is 29.6. The number of methoxy groups -OCH3 is 2. The van der Waals surface area contributed by atoms with Gasteiger partial charge < -0.3 is 30.4 Å². The molecule has 1 aromatic rings. The lowest BCUT2D eigenvalue weighted by Gasteiger charge is -2.30. The van der Waals surface area contributed by atoms with Gasteiger partial charge in [0.25, 0.3) is 0 Å². The summed E-state index contributed by atoms with van der Waals surface area (Å²) in [6.45, 7) is 9.23. The predicted octanol–water partition coefficient (Wildman–Crippen LogP) is 2.33. The van der Waals surface area contributed by atoms with E-state index in [-0.39, 0.29) is 36.5 Å². The minimum absolute atomic E-state index is 0.00272. The number of sulfonamides is 1. The highest BCUT2D eigenvalue weighted by molar-refractivity contribution is 7.89. The summed E-state index contributed by atoms with van der Waals surface area (Å²) in [5.74, 6) is 0.854. The van der Waals surface area contributed by atoms with E-state index in [9.17, 15) is 18.3 Å². The Morgan fingerprint density at radius 2 is 1.74 bits per heavy atom. The van der Waals surface area contributed by atoms with Crippen LogP contribution in [-0.2, 0) is 26.0 Å². The number of rotatable bonds is 20. The quantitative estimate of drug-likeness (QED) is 0.174. The Balaban J connectivity index is 2.83. The van der Waals surface area contributed by atoms with Gasteiger partial charge >= 0.3 is 0 Å². The van der Waals surface area contributed by atoms with E-state index in [2.05, 4.69) is 23.9 Å². The van der Waals surface area contributed by atoms with Crippen molar-refractivity contribution in [2.45, 2.75) is 65.5 Å². The Morgan fingerprint density at radius 1 is 1.05 bits per heavy atom. The minimum Gasteiger partial charge on any atom is -0.493 e. The van der Waals surface area contributed by atoms with Crippen molar-refractivity contribution in [3.05, 3.63) is 23.8 Å². The van der Waals surface area contributed by atoms with Crippen molar-refractivity contribution in [2.75, 3.05) is 46.8 Å². The predicted molar refractivity (Wildman–Crippen MR) is 154 cm³/mol. The number of benzene rings is 1. The van der Waals surface area contributed by atoms with Crippen LogP contribution in [0, 0.1) is 23.7 Å². The fraction of sp³-hybridized carbons (Fsp3) is 0.750. The molecule has 5 N–H and O–H groups in total. The standard InChI is InChI=1S/C28H51N3O7S/c1-19(2)22(15-21-9-10-26(37-7)27(16-21)38-13-8-12-36-6)17-24(29)25(32)18-23(20(3)4)28(33)31-11-14-39(34,35)30-5/h9-10,16,19-20,22-25,30,32H,8,11-15,17-18,29H2,1-7H3,(H,31,33)/t22-,23-,24-,25-/m0/s1. The first kappa shape index (κ1) is 35.1. The average Bonchev–Trinajstić information content (AvgIpc) is 2.88. The molecular weight excluding hydrogens is 522 g/mol. The molecule has 226 valence electrons. The summed E-state index contributed by atoms with van der Waals surface area (Å²) in [7, 11) is 1.20. The van der Waals surface area contributed by atoms with Crippen molar-refractivity contribution in [1.29, 1.82) is 0 Å². The van der Waals surface area contributed by atoms with Crippen LogP contribution in [0.1, 0.15) is 52.5 Å². The van der Waals surface area contributed by atoms with Crippen molar-refractivity contribution in [1.82, 2.24) is 10.0 Å². The fourth-order valence-electron chi connectivity index (χ4n) is 4.41. The van der Waals surface area contributed by atoms with Gasteiger partial charge in [0.05, 0.1) is 25.6 Å². The van der Waals surface area contributed by atoms with Gasteiger partial charge in [0.2, 0.25) is 15.9 Å². The van der Waals surface area contributed by atoms with Gasteiger partial charge in [-0.3, -0.25) is 4.79 Å². The van der Waals surface area contributed by atoms with Crippen LogP contribution in [0.4, 0.5) is 0 Å². The molecule has 39 heavy (non-hydrogen) atoms. The van der Waals surface area contributed by atoms with E-state index in [0.717, 1.165) is 18.4 Å². The largest absolute Gasteiger partial charge is 0.493 e. The van der Waals surface area contributed by atoms with Crippen molar-refractivity contribution in [3.63, 3.8) is 0 Å². The summed E-state index contributed by atoms with van der Waals surface area (Å²) in [5, 5.41) is 13.7. The molecular formula is C28H51N3O7S. The summed E-state index contributed by atoms with van der Waals surface area (Å²) < 4.78 is 41.9. The molecule has 0 aliphatic rings. The molecule has 1 rings (SSSR count). The van der Waals surface area contributed by atoms with E-state index in [4.69, 9.17) is 19.9 Å². The van der Waals surface area contributed by atoms with E-state index >= 15 is 0 Å². The lowest BCUT2D eigenvalue weighted by molar-refractivity contribution is -0.127. The number of nitrogens with one attached hydrogen (secondary N) is 2. The Kier molecular flexibility index (Phi) is 15.9. The maximum atomic E-state index is 12.8. The van der Waals surface area contributed by atoms with Crippen molar-refractivity contribution < 1.29 is 32.5 Å². The van der Waals surface area contributed by atoms with Gasteiger partial charge in [-0.1, -0.05) is 33.8 Å². The van der Waals surface area contributed by atoms with E-state index in [0.29, 0.717) is 37.1 Å². The summed E-state index contributed by atoms with van der Waals surface area (Å²) in [4.78, 5) is 12.8. The SMILES string of the molecule is CNS(=O)(=O)CCNC(=O)[C@@H](C[C@H](O)[C@@H](N)C[C@H](Cc1ccc(OC)c(OCCCOC)c1)C(C)C)C(C)C. The van der Waals surface area contributed by atoms with E-state index in [1.807, 2.05) is 32.0 Å². The van der Waals surface area contributed by atoms with Gasteiger partial charge in [-0.05, 0) is 61.8 Å². The molecule has 11 heteroatoms. The fourth-order valence-corrected chi connectivity index (χ4v) is 4.98. The Bertz CT molecular complexity index is 956. The molecule has 0 heterocycles. The van der Waals surface area contributed by atoms with Crippen LogP contribution >= 0.6 is 0 Å². The van der Waals surface area contributed by atoms with Gasteiger partial charge in [0.1, 0.15) is 0 Å². The molecule has 1 aromatic carbocycles. The van der Waals surface area contributed by atoms with Crippen molar-refractivity contribution in [2.24, 2.45) is 29.4 Å². The monoisotopic (exact) mass is 573 g/mol. The summed E-state index contributed by atoms with van der Waals surface area (Å²) in [5.41, 5.74) is 7.57. The minimum atomic E-state index is -3.41. The second kappa shape index (κ2) is 17.7. The van der Waals surface area contributed by atoms with Gasteiger partial charge in [-0.2, -0.15) is 0 Å². The maximum absolute atomic E-state index is 12.8. The van der Waals surface area contributed by atoms with Gasteiger partial charge in [0, 0.05) is 38.6 Å². The first-order valence-corrected chi connectivity index (χ1v) is 15.4. The van der Waals surface area contributed by atoms with Crippen LogP contribution in [0.25, 0.3) is 0 Å². The second-order valence-electron chi connectivity index (χ2n) is 10.8. The van der Waals surface area contributed by atoms with Crippen LogP contribution in [-0.4, -0.2) is 78.4 Å². The Hall–Kier alpha value is -1.92. The lowest BCUT2D eigenvalue weighted by Crippen LogP contribution is -2.43. The summed E-state index contributed by atoms with van der Waals surface area (Å²) in [6.07, 6.45) is 1.44. The summed E-state index contributed by atoms with van der Waals surface area (Å²) in [6, 6.07) is 5.40. The number of ether oxygens (including phenoxy) is 3. The van der Waals surface area contributed by atoms with Crippen LogP contribution in [0.5, 0.6) is 11.5 Å². The molecule has 0 spiro atoms. The molecule has 0 aromatic heterocycles. The number of carbonyl (C=O) groups excluding carboxylic acids is 1. The molecule has 1 amide bonds. The molecule has 0 unspecified atom stereocenters. The molecule has 0 aliphatic carbocycles. The number of amides is 1. The first-order chi connectivity index (χ1) is 18.3. The first-order valence-electron chi connectivity index (χ1n) is 13.8. The number of aliphatic hydroxyl groups is 1. The van der Waals surface area contributed by atoms with Gasteiger partial charge in [0.15, 0.2) is 11.5 Å². The Morgan fingerprint density at radius 3 is 2.31 bits per heavy atom. The van der Waals surface area contributed by atoms with E-state index < -0.39 is 28.1 Å². The molecule has 10 nitrogen and oxygen atoms in total. The highest BCUT2D eigenvalue weighted by Gasteiger charge is 2.30. The highest BCUT2D eigenvalue weighted by atomic mass is 32.2. The number of aliphatic hydroxyl groups excluding tert-OH is 1. The van der Waals surface area contributed by atoms with Crippen LogP contribution < -0.4 is 25.2 Å². The summed E-state index contributed by atoms with van der Waals surface area (Å²) >= 11 is 0. The smallest absolute Gasteiger partial charge is 0.223 e. The number of hydrogen-bond acceptors (Lipinski definition) is 8. The lowest BCUT2D eigenvalue weighted by atomic mass is 9.81. The zero-order valence-electron chi connectivity index (χ0n) is 24.7. The number of carbonyl (C=O) groups is 1. The van der Waals surface area contributed by atoms with E-state index in [1.54, 1.807) is 14.2 Å². The third kappa shape index (κ3) is 12.9. The molecule has 0 radical (unpaired) electrons. The van der Waals surface area contributed by atoms with Gasteiger partial charge in [-0.15, -0.1) is 0 Å². The molecule has 4 atom stereocenters. The highest BCUT2D eigenvalue weighted by Crippen LogP contribution is 2.31. The van der Waals surface area contributed by atoms with Crippen LogP contribution in [0.2, 0.25) is 0 Å². The van der Waals surface area contributed by atoms with Crippen molar-refractivity contribution >= 4 is 15.9 Å². The third-order valence-corrected chi connectivity index (χ3v) is 8.47. The molecule has 0 saturated carbocycles. The number of hydrogen-bond donors (Lipinski definition) is 4. The van der Waals surface area contributed by atoms with Crippen molar-refractivity contribution in [3.8, 4) is 11.5 Å². The van der Waals surface area contributed by atoms with Gasteiger partial charge in [-0.25, -0.2) is 13.1 Å². The third-order valence-electron chi connectivity index (χ3n) is 7.11. The van der Waals surface area contributed by atoms with Crippen LogP contribution in [0.15, 0.2) is 18.2 Å².